The van der Waals surface area contributed by atoms with Crippen LogP contribution in [-0.4, -0.2) is 22.9 Å². The van der Waals surface area contributed by atoms with Gasteiger partial charge in [-0.3, -0.25) is 4.79 Å². The molecule has 0 radical (unpaired) electrons. The molecule has 74 valence electrons. The summed E-state index contributed by atoms with van der Waals surface area (Å²) in [5, 5.41) is 8.53. The van der Waals surface area contributed by atoms with Crippen LogP contribution in [0, 0.1) is 11.8 Å². The first kappa shape index (κ1) is 10.2. The average Bonchev–Trinajstić information content (AvgIpc) is 2.66. The number of carbonyl (C=O) groups is 2. The molecule has 1 rings (SSSR count). The zero-order valence-corrected chi connectivity index (χ0v) is 7.69. The minimum absolute atomic E-state index is 0.177. The number of hydrogen-bond acceptors (Lipinski definition) is 3. The van der Waals surface area contributed by atoms with Crippen LogP contribution >= 0.6 is 0 Å². The highest BCUT2D eigenvalue weighted by Gasteiger charge is 2.39. The van der Waals surface area contributed by atoms with E-state index < -0.39 is 12.0 Å². The number of carboxylic acid groups (broad SMARTS) is 1. The zero-order valence-electron chi connectivity index (χ0n) is 7.69. The minimum Gasteiger partial charge on any atom is -0.480 e. The van der Waals surface area contributed by atoms with Gasteiger partial charge in [0.1, 0.15) is 11.8 Å². The van der Waals surface area contributed by atoms with Crippen LogP contribution in [0.2, 0.25) is 0 Å². The van der Waals surface area contributed by atoms with Gasteiger partial charge in [0.05, 0.1) is 0 Å². The Morgan fingerprint density at radius 2 is 2.15 bits per heavy atom. The van der Waals surface area contributed by atoms with E-state index in [1.165, 1.54) is 0 Å². The fourth-order valence-corrected chi connectivity index (χ4v) is 1.65. The molecule has 0 aromatic heterocycles. The molecule has 0 spiro atoms. The summed E-state index contributed by atoms with van der Waals surface area (Å²) in [6, 6.07) is -0.762. The normalized spacial score (nSPS) is 28.2. The van der Waals surface area contributed by atoms with Crippen LogP contribution in [0.25, 0.3) is 0 Å². The smallest absolute Gasteiger partial charge is 0.320 e. The molecule has 13 heavy (non-hydrogen) atoms. The van der Waals surface area contributed by atoms with Gasteiger partial charge in [-0.15, -0.1) is 0 Å². The number of nitrogens with two attached hydrogens (primary N) is 1. The lowest BCUT2D eigenvalue weighted by Gasteiger charge is -2.04. The van der Waals surface area contributed by atoms with Crippen LogP contribution in [-0.2, 0) is 9.59 Å². The van der Waals surface area contributed by atoms with Crippen molar-refractivity contribution in [2.75, 3.05) is 0 Å². The summed E-state index contributed by atoms with van der Waals surface area (Å²) in [6.07, 6.45) is 2.05. The van der Waals surface area contributed by atoms with E-state index in [2.05, 4.69) is 0 Å². The van der Waals surface area contributed by atoms with Gasteiger partial charge < -0.3 is 15.6 Å². The Morgan fingerprint density at radius 3 is 2.62 bits per heavy atom. The maximum absolute atomic E-state index is 10.7. The Balaban J connectivity index is 2.20. The average molecular weight is 185 g/mol. The lowest BCUT2D eigenvalue weighted by Crippen LogP contribution is -2.30. The molecule has 3 atom stereocenters. The van der Waals surface area contributed by atoms with E-state index in [4.69, 9.17) is 10.8 Å². The van der Waals surface area contributed by atoms with Crippen LogP contribution in [0.3, 0.4) is 0 Å². The molecule has 4 heteroatoms. The minimum atomic E-state index is -0.950. The van der Waals surface area contributed by atoms with E-state index in [1.807, 2.05) is 0 Å². The molecule has 4 nitrogen and oxygen atoms in total. The van der Waals surface area contributed by atoms with Crippen molar-refractivity contribution in [1.82, 2.24) is 0 Å². The summed E-state index contributed by atoms with van der Waals surface area (Å²) in [7, 11) is 0. The number of carboxylic acids is 1. The summed E-state index contributed by atoms with van der Waals surface area (Å²) < 4.78 is 0. The number of aliphatic carboxylic acids is 1. The van der Waals surface area contributed by atoms with Gasteiger partial charge in [0.15, 0.2) is 0 Å². The molecule has 0 bridgehead atoms. The summed E-state index contributed by atoms with van der Waals surface area (Å²) in [4.78, 5) is 21.1. The van der Waals surface area contributed by atoms with Crippen molar-refractivity contribution in [3.8, 4) is 0 Å². The predicted molar refractivity (Wildman–Crippen MR) is 47.1 cm³/mol. The van der Waals surface area contributed by atoms with E-state index in [0.29, 0.717) is 24.7 Å². The van der Waals surface area contributed by atoms with E-state index in [1.54, 1.807) is 6.92 Å². The van der Waals surface area contributed by atoms with Gasteiger partial charge in [0, 0.05) is 6.42 Å². The highest BCUT2D eigenvalue weighted by Crippen LogP contribution is 2.44. The van der Waals surface area contributed by atoms with Crippen molar-refractivity contribution in [3.05, 3.63) is 0 Å². The Labute approximate surface area is 77.1 Å². The third-order valence-electron chi connectivity index (χ3n) is 2.49. The van der Waals surface area contributed by atoms with Crippen molar-refractivity contribution < 1.29 is 14.7 Å². The largest absolute Gasteiger partial charge is 0.480 e. The van der Waals surface area contributed by atoms with Gasteiger partial charge in [0.2, 0.25) is 0 Å². The van der Waals surface area contributed by atoms with Crippen molar-refractivity contribution in [2.24, 2.45) is 17.6 Å². The van der Waals surface area contributed by atoms with Crippen molar-refractivity contribution in [2.45, 2.75) is 32.2 Å². The first-order chi connectivity index (χ1) is 6.00. The highest BCUT2D eigenvalue weighted by atomic mass is 16.4. The van der Waals surface area contributed by atoms with Gasteiger partial charge in [-0.25, -0.2) is 0 Å². The van der Waals surface area contributed by atoms with E-state index in [9.17, 15) is 9.59 Å². The second kappa shape index (κ2) is 3.87. The van der Waals surface area contributed by atoms with Crippen LogP contribution in [0.1, 0.15) is 26.2 Å². The summed E-state index contributed by atoms with van der Waals surface area (Å²) >= 11 is 0. The Bertz CT molecular complexity index is 227. The summed E-state index contributed by atoms with van der Waals surface area (Å²) in [5.74, 6) is -0.0252. The molecule has 0 heterocycles. The van der Waals surface area contributed by atoms with Crippen LogP contribution in [0.5, 0.6) is 0 Å². The molecule has 2 unspecified atom stereocenters. The Morgan fingerprint density at radius 1 is 1.54 bits per heavy atom. The molecule has 1 aliphatic rings. The second-order valence-corrected chi connectivity index (χ2v) is 3.84. The Kier molecular flexibility index (Phi) is 3.03. The second-order valence-electron chi connectivity index (χ2n) is 3.84. The van der Waals surface area contributed by atoms with Gasteiger partial charge in [-0.05, 0) is 31.6 Å². The Hall–Kier alpha value is -0.900. The predicted octanol–water partition coefficient (Wildman–Crippen LogP) is 0.404. The molecule has 3 N–H and O–H groups in total. The van der Waals surface area contributed by atoms with E-state index in [0.717, 1.165) is 6.42 Å². The number of hydrogen-bond donors (Lipinski definition) is 2. The van der Waals surface area contributed by atoms with Crippen LogP contribution < -0.4 is 5.73 Å². The van der Waals surface area contributed by atoms with Crippen LogP contribution in [0.15, 0.2) is 0 Å². The molecular weight excluding hydrogens is 170 g/mol. The highest BCUT2D eigenvalue weighted by molar-refractivity contribution is 5.76. The quantitative estimate of drug-likeness (QED) is 0.649. The van der Waals surface area contributed by atoms with Crippen molar-refractivity contribution in [1.29, 1.82) is 0 Å². The van der Waals surface area contributed by atoms with E-state index >= 15 is 0 Å². The van der Waals surface area contributed by atoms with Crippen LogP contribution in [0.4, 0.5) is 0 Å². The number of ketones is 1. The third-order valence-corrected chi connectivity index (χ3v) is 2.49. The fraction of sp³-hybridized carbons (Fsp3) is 0.778. The number of carbonyl (C=O) groups excluding carboxylic acids is 1. The van der Waals surface area contributed by atoms with E-state index in [-0.39, 0.29) is 5.78 Å². The van der Waals surface area contributed by atoms with Gasteiger partial charge in [-0.2, -0.15) is 0 Å². The van der Waals surface area contributed by atoms with Crippen molar-refractivity contribution in [3.63, 3.8) is 0 Å². The molecule has 1 saturated carbocycles. The molecule has 0 aromatic rings. The number of Topliss-reactive ketones (excluding diaryl/α,β-unsaturated/α-hetero) is 1. The number of rotatable bonds is 5. The summed E-state index contributed by atoms with van der Waals surface area (Å²) in [6.45, 7) is 1.56. The fourth-order valence-electron chi connectivity index (χ4n) is 1.65. The lowest BCUT2D eigenvalue weighted by atomic mass is 10.1. The van der Waals surface area contributed by atoms with Gasteiger partial charge in [0.25, 0.3) is 0 Å². The molecule has 1 aliphatic carbocycles. The maximum atomic E-state index is 10.7. The topological polar surface area (TPSA) is 80.4 Å². The first-order valence-corrected chi connectivity index (χ1v) is 4.48. The third kappa shape index (κ3) is 3.14. The molecule has 0 aliphatic heterocycles. The van der Waals surface area contributed by atoms with Gasteiger partial charge >= 0.3 is 5.97 Å². The molecule has 0 saturated heterocycles. The standard InChI is InChI=1S/C9H15NO3/c1-5(11)2-6-3-7(6)4-8(10)9(12)13/h6-8H,2-4,10H2,1H3,(H,12,13)/t6?,7-,8?/m0/s1. The first-order valence-electron chi connectivity index (χ1n) is 4.48. The molecular formula is C9H15NO3. The van der Waals surface area contributed by atoms with Crippen molar-refractivity contribution >= 4 is 11.8 Å². The zero-order chi connectivity index (χ0) is 10.0. The SMILES string of the molecule is CC(=O)CC1C[C@H]1CC(N)C(=O)O. The summed E-state index contributed by atoms with van der Waals surface area (Å²) in [5.41, 5.74) is 5.37. The maximum Gasteiger partial charge on any atom is 0.320 e. The molecule has 0 aromatic carbocycles. The monoisotopic (exact) mass is 185 g/mol. The van der Waals surface area contributed by atoms with Gasteiger partial charge in [-0.1, -0.05) is 0 Å². The lowest BCUT2D eigenvalue weighted by molar-refractivity contribution is -0.138. The molecule has 0 amide bonds. The molecule has 1 fully saturated rings.